The van der Waals surface area contributed by atoms with E-state index in [9.17, 15) is 4.79 Å². The van der Waals surface area contributed by atoms with Gasteiger partial charge in [-0.05, 0) is 49.1 Å². The lowest BCUT2D eigenvalue weighted by Gasteiger charge is -2.35. The molecule has 29 heavy (non-hydrogen) atoms. The highest BCUT2D eigenvalue weighted by Gasteiger charge is 2.28. The maximum Gasteiger partial charge on any atom is 0.291 e. The molecule has 1 saturated heterocycles. The molecule has 0 unspecified atom stereocenters. The highest BCUT2D eigenvalue weighted by Crippen LogP contribution is 2.39. The monoisotopic (exact) mass is 428 g/mol. The lowest BCUT2D eigenvalue weighted by Crippen LogP contribution is -2.39. The van der Waals surface area contributed by atoms with E-state index in [0.29, 0.717) is 5.76 Å². The van der Waals surface area contributed by atoms with Crippen LogP contribution in [0.5, 0.6) is 0 Å². The number of benzene rings is 1. The molecule has 1 aliphatic heterocycles. The van der Waals surface area contributed by atoms with Crippen LogP contribution in [-0.2, 0) is 4.74 Å². The Hall–Kier alpha value is -2.06. The number of nitrogens with one attached hydrogen (secondary N) is 1. The Bertz CT molecular complexity index is 945. The van der Waals surface area contributed by atoms with Crippen molar-refractivity contribution < 1.29 is 13.9 Å². The van der Waals surface area contributed by atoms with Crippen LogP contribution in [0, 0.1) is 6.92 Å². The van der Waals surface area contributed by atoms with Gasteiger partial charge in [-0.1, -0.05) is 12.1 Å². The zero-order valence-corrected chi connectivity index (χ0v) is 18.1. The van der Waals surface area contributed by atoms with E-state index in [0.717, 1.165) is 41.7 Å². The normalized spacial score (nSPS) is 15.9. The number of hydrogen-bond acceptors (Lipinski definition) is 6. The van der Waals surface area contributed by atoms with Crippen molar-refractivity contribution in [1.82, 2.24) is 4.90 Å². The van der Waals surface area contributed by atoms with Crippen LogP contribution in [0.15, 0.2) is 58.0 Å². The van der Waals surface area contributed by atoms with Gasteiger partial charge in [-0.2, -0.15) is 0 Å². The molecule has 0 radical (unpaired) electrons. The van der Waals surface area contributed by atoms with E-state index >= 15 is 0 Å². The number of thioether (sulfide) groups is 1. The van der Waals surface area contributed by atoms with Crippen LogP contribution in [0.25, 0.3) is 0 Å². The quantitative estimate of drug-likeness (QED) is 0.557. The SMILES string of the molecule is CSc1ccc([C@H](c2cc(C)sc2NC(=O)c2ccco2)N2CCOCC2)cc1. The maximum atomic E-state index is 12.6. The van der Waals surface area contributed by atoms with Crippen LogP contribution >= 0.6 is 23.1 Å². The molecule has 3 aromatic rings. The Kier molecular flexibility index (Phi) is 6.40. The van der Waals surface area contributed by atoms with Crippen molar-refractivity contribution in [2.24, 2.45) is 0 Å². The molecule has 3 heterocycles. The molecule has 1 N–H and O–H groups in total. The molecule has 2 aromatic heterocycles. The van der Waals surface area contributed by atoms with Crippen LogP contribution in [0.2, 0.25) is 0 Å². The predicted octanol–water partition coefficient (Wildman–Crippen LogP) is 5.05. The van der Waals surface area contributed by atoms with E-state index < -0.39 is 0 Å². The van der Waals surface area contributed by atoms with Crippen molar-refractivity contribution in [2.75, 3.05) is 37.9 Å². The van der Waals surface area contributed by atoms with Crippen LogP contribution in [0.3, 0.4) is 0 Å². The van der Waals surface area contributed by atoms with Gasteiger partial charge in [0.2, 0.25) is 0 Å². The zero-order valence-electron chi connectivity index (χ0n) is 16.5. The number of rotatable bonds is 6. The van der Waals surface area contributed by atoms with Gasteiger partial charge < -0.3 is 14.5 Å². The number of carbonyl (C=O) groups excluding carboxylic acids is 1. The van der Waals surface area contributed by atoms with Gasteiger partial charge >= 0.3 is 0 Å². The van der Waals surface area contributed by atoms with Crippen LogP contribution in [0.4, 0.5) is 5.00 Å². The summed E-state index contributed by atoms with van der Waals surface area (Å²) in [6, 6.07) is 14.3. The number of furan rings is 1. The number of nitrogens with zero attached hydrogens (tertiary/aromatic N) is 1. The number of morpholine rings is 1. The molecule has 0 bridgehead atoms. The summed E-state index contributed by atoms with van der Waals surface area (Å²) in [6.45, 7) is 5.22. The van der Waals surface area contributed by atoms with Crippen molar-refractivity contribution in [3.05, 3.63) is 70.5 Å². The first-order valence-electron chi connectivity index (χ1n) is 9.56. The third-order valence-electron chi connectivity index (χ3n) is 4.99. The second-order valence-corrected chi connectivity index (χ2v) is 9.03. The number of hydrogen-bond donors (Lipinski definition) is 1. The number of carbonyl (C=O) groups is 1. The van der Waals surface area contributed by atoms with Crippen molar-refractivity contribution in [3.63, 3.8) is 0 Å². The molecule has 1 amide bonds. The van der Waals surface area contributed by atoms with E-state index in [1.54, 1.807) is 35.2 Å². The van der Waals surface area contributed by atoms with Gasteiger partial charge in [0.25, 0.3) is 5.91 Å². The number of aryl methyl sites for hydroxylation is 1. The Balaban J connectivity index is 1.70. The standard InChI is InChI=1S/C22H24N2O3S2/c1-15-14-18(22(29-15)23-21(25)19-4-3-11-27-19)20(24-9-12-26-13-10-24)16-5-7-17(28-2)8-6-16/h3-8,11,14,20H,9-10,12-13H2,1-2H3,(H,23,25)/t20-/m1/s1. The van der Waals surface area contributed by atoms with E-state index in [1.165, 1.54) is 16.7 Å². The van der Waals surface area contributed by atoms with E-state index in [-0.39, 0.29) is 11.9 Å². The summed E-state index contributed by atoms with van der Waals surface area (Å²) in [7, 11) is 0. The van der Waals surface area contributed by atoms with Crippen molar-refractivity contribution in [2.45, 2.75) is 17.9 Å². The molecule has 1 aliphatic rings. The second-order valence-electron chi connectivity index (χ2n) is 6.90. The summed E-state index contributed by atoms with van der Waals surface area (Å²) >= 11 is 3.33. The third-order valence-corrected chi connectivity index (χ3v) is 6.72. The summed E-state index contributed by atoms with van der Waals surface area (Å²) in [6.07, 6.45) is 3.60. The fraction of sp³-hybridized carbons (Fsp3) is 0.318. The number of thiophene rings is 1. The molecule has 5 nitrogen and oxygen atoms in total. The first-order chi connectivity index (χ1) is 14.2. The molecule has 7 heteroatoms. The van der Waals surface area contributed by atoms with Crippen molar-refractivity contribution in [1.29, 1.82) is 0 Å². The number of anilines is 1. The average Bonchev–Trinajstić information content (AvgIpc) is 3.40. The molecular formula is C22H24N2O3S2. The molecule has 1 aromatic carbocycles. The molecule has 152 valence electrons. The fourth-order valence-corrected chi connectivity index (χ4v) is 4.96. The lowest BCUT2D eigenvalue weighted by molar-refractivity contribution is 0.0241. The molecule has 1 fully saturated rings. The topological polar surface area (TPSA) is 54.7 Å². The third kappa shape index (κ3) is 4.59. The minimum absolute atomic E-state index is 0.0617. The van der Waals surface area contributed by atoms with Gasteiger partial charge in [0.15, 0.2) is 5.76 Å². The zero-order chi connectivity index (χ0) is 20.2. The first kappa shape index (κ1) is 20.2. The van der Waals surface area contributed by atoms with Gasteiger partial charge in [0.1, 0.15) is 5.00 Å². The highest BCUT2D eigenvalue weighted by atomic mass is 32.2. The van der Waals surface area contributed by atoms with Crippen molar-refractivity contribution >= 4 is 34.0 Å². The highest BCUT2D eigenvalue weighted by molar-refractivity contribution is 7.98. The summed E-state index contributed by atoms with van der Waals surface area (Å²) in [5, 5.41) is 3.94. The smallest absolute Gasteiger partial charge is 0.291 e. The molecule has 0 spiro atoms. The lowest BCUT2D eigenvalue weighted by atomic mass is 9.98. The van der Waals surface area contributed by atoms with Crippen molar-refractivity contribution in [3.8, 4) is 0 Å². The Morgan fingerprint density at radius 3 is 2.62 bits per heavy atom. The summed E-state index contributed by atoms with van der Waals surface area (Å²) in [5.41, 5.74) is 2.34. The minimum atomic E-state index is -0.225. The molecule has 0 saturated carbocycles. The van der Waals surface area contributed by atoms with Crippen LogP contribution < -0.4 is 5.32 Å². The molecular weight excluding hydrogens is 404 g/mol. The Morgan fingerprint density at radius 1 is 1.21 bits per heavy atom. The first-order valence-corrected chi connectivity index (χ1v) is 11.6. The largest absolute Gasteiger partial charge is 0.459 e. The summed E-state index contributed by atoms with van der Waals surface area (Å²) in [4.78, 5) is 17.5. The van der Waals surface area contributed by atoms with Gasteiger partial charge in [0, 0.05) is 28.4 Å². The van der Waals surface area contributed by atoms with Gasteiger partial charge in [0.05, 0.1) is 25.5 Å². The predicted molar refractivity (Wildman–Crippen MR) is 118 cm³/mol. The maximum absolute atomic E-state index is 12.6. The van der Waals surface area contributed by atoms with Gasteiger partial charge in [-0.25, -0.2) is 0 Å². The molecule has 4 rings (SSSR count). The minimum Gasteiger partial charge on any atom is -0.459 e. The van der Waals surface area contributed by atoms with Gasteiger partial charge in [-0.15, -0.1) is 23.1 Å². The molecule has 0 aliphatic carbocycles. The molecule has 1 atom stereocenters. The number of amides is 1. The Labute approximate surface area is 179 Å². The van der Waals surface area contributed by atoms with E-state index in [1.807, 2.05) is 0 Å². The second kappa shape index (κ2) is 9.17. The van der Waals surface area contributed by atoms with Crippen LogP contribution in [0.1, 0.15) is 32.6 Å². The average molecular weight is 429 g/mol. The number of ether oxygens (including phenoxy) is 1. The van der Waals surface area contributed by atoms with E-state index in [4.69, 9.17) is 9.15 Å². The van der Waals surface area contributed by atoms with Crippen LogP contribution in [-0.4, -0.2) is 43.4 Å². The Morgan fingerprint density at radius 2 is 1.97 bits per heavy atom. The summed E-state index contributed by atoms with van der Waals surface area (Å²) < 4.78 is 10.8. The van der Waals surface area contributed by atoms with Gasteiger partial charge in [-0.3, -0.25) is 9.69 Å². The summed E-state index contributed by atoms with van der Waals surface area (Å²) in [5.74, 6) is 0.0887. The fourth-order valence-electron chi connectivity index (χ4n) is 3.62. The van der Waals surface area contributed by atoms with E-state index in [2.05, 4.69) is 53.7 Å².